The lowest BCUT2D eigenvalue weighted by atomic mass is 10.2. The first-order valence-corrected chi connectivity index (χ1v) is 8.55. The van der Waals surface area contributed by atoms with Crippen LogP contribution in [0.5, 0.6) is 11.5 Å². The molecule has 0 bridgehead atoms. The number of nitrogens with one attached hydrogen (secondary N) is 2. The van der Waals surface area contributed by atoms with Gasteiger partial charge in [-0.15, -0.1) is 0 Å². The maximum Gasteiger partial charge on any atom is 0.162 e. The van der Waals surface area contributed by atoms with Gasteiger partial charge in [-0.2, -0.15) is 0 Å². The Bertz CT molecular complexity index is 618. The van der Waals surface area contributed by atoms with Gasteiger partial charge in [0.1, 0.15) is 0 Å². The monoisotopic (exact) mass is 378 g/mol. The van der Waals surface area contributed by atoms with Crippen LogP contribution in [0.3, 0.4) is 0 Å². The fourth-order valence-corrected chi connectivity index (χ4v) is 2.55. The van der Waals surface area contributed by atoms with Gasteiger partial charge in [0.15, 0.2) is 11.5 Å². The first-order valence-electron chi connectivity index (χ1n) is 7.76. The van der Waals surface area contributed by atoms with Crippen molar-refractivity contribution in [3.63, 3.8) is 0 Å². The van der Waals surface area contributed by atoms with Gasteiger partial charge >= 0.3 is 0 Å². The highest BCUT2D eigenvalue weighted by Gasteiger charge is 2.12. The zero-order chi connectivity index (χ0) is 16.7. The van der Waals surface area contributed by atoms with Crippen molar-refractivity contribution in [3.05, 3.63) is 52.5 Å². The largest absolute Gasteiger partial charge is 0.490 e. The van der Waals surface area contributed by atoms with Crippen LogP contribution in [0.25, 0.3) is 0 Å². The van der Waals surface area contributed by atoms with E-state index in [2.05, 4.69) is 26.8 Å². The highest BCUT2D eigenvalue weighted by atomic mass is 79.9. The van der Waals surface area contributed by atoms with Crippen LogP contribution in [0.4, 0.5) is 5.69 Å². The molecule has 2 N–H and O–H groups in total. The van der Waals surface area contributed by atoms with Gasteiger partial charge in [-0.25, -0.2) is 5.43 Å². The van der Waals surface area contributed by atoms with Crippen molar-refractivity contribution in [3.8, 4) is 11.5 Å². The summed E-state index contributed by atoms with van der Waals surface area (Å²) in [7, 11) is 0. The molecule has 0 aliphatic rings. The van der Waals surface area contributed by atoms with E-state index in [-0.39, 0.29) is 6.10 Å². The first-order chi connectivity index (χ1) is 11.1. The molecule has 0 spiro atoms. The van der Waals surface area contributed by atoms with Gasteiger partial charge in [0.05, 0.1) is 12.7 Å². The summed E-state index contributed by atoms with van der Waals surface area (Å²) < 4.78 is 12.5. The van der Waals surface area contributed by atoms with Crippen LogP contribution in [0.15, 0.2) is 46.9 Å². The minimum Gasteiger partial charge on any atom is -0.490 e. The van der Waals surface area contributed by atoms with Crippen LogP contribution in [-0.4, -0.2) is 12.7 Å². The van der Waals surface area contributed by atoms with Crippen molar-refractivity contribution in [2.75, 3.05) is 12.0 Å². The van der Waals surface area contributed by atoms with Crippen molar-refractivity contribution in [2.45, 2.75) is 33.4 Å². The minimum atomic E-state index is 0.102. The standard InChI is InChI=1S/C18H23BrN2O2/c1-4-22-17-10-14(16(19)11-18(17)23-13(2)3)12-20-21-15-8-6-5-7-9-15/h5-11,13,20-21H,4,12H2,1-3H3. The van der Waals surface area contributed by atoms with Crippen LogP contribution in [-0.2, 0) is 6.54 Å². The molecule has 0 fully saturated rings. The number of halogens is 1. The second kappa shape index (κ2) is 8.79. The third-order valence-electron chi connectivity index (χ3n) is 3.06. The van der Waals surface area contributed by atoms with Crippen molar-refractivity contribution in [1.29, 1.82) is 0 Å². The van der Waals surface area contributed by atoms with Crippen LogP contribution in [0, 0.1) is 0 Å². The van der Waals surface area contributed by atoms with Crippen molar-refractivity contribution < 1.29 is 9.47 Å². The van der Waals surface area contributed by atoms with E-state index in [4.69, 9.17) is 9.47 Å². The molecule has 0 saturated carbocycles. The van der Waals surface area contributed by atoms with Gasteiger partial charge in [-0.3, -0.25) is 0 Å². The minimum absolute atomic E-state index is 0.102. The van der Waals surface area contributed by atoms with Crippen LogP contribution < -0.4 is 20.3 Å². The second-order valence-electron chi connectivity index (χ2n) is 5.33. The van der Waals surface area contributed by atoms with Crippen LogP contribution in [0.1, 0.15) is 26.3 Å². The normalized spacial score (nSPS) is 10.7. The van der Waals surface area contributed by atoms with E-state index >= 15 is 0 Å². The predicted octanol–water partition coefficient (Wildman–Crippen LogP) is 4.75. The maximum atomic E-state index is 5.82. The molecule has 4 nitrogen and oxygen atoms in total. The number of para-hydroxylation sites is 1. The Kier molecular flexibility index (Phi) is 6.74. The number of ether oxygens (including phenoxy) is 2. The van der Waals surface area contributed by atoms with Crippen molar-refractivity contribution in [2.24, 2.45) is 0 Å². The fraction of sp³-hybridized carbons (Fsp3) is 0.333. The summed E-state index contributed by atoms with van der Waals surface area (Å²) in [6.45, 7) is 7.23. The topological polar surface area (TPSA) is 42.5 Å². The van der Waals surface area contributed by atoms with E-state index in [1.165, 1.54) is 0 Å². The lowest BCUT2D eigenvalue weighted by Gasteiger charge is -2.17. The molecule has 5 heteroatoms. The molecule has 0 saturated heterocycles. The third-order valence-corrected chi connectivity index (χ3v) is 3.80. The summed E-state index contributed by atoms with van der Waals surface area (Å²) in [5.41, 5.74) is 8.50. The molecular weight excluding hydrogens is 356 g/mol. The van der Waals surface area contributed by atoms with Gasteiger partial charge < -0.3 is 14.9 Å². The summed E-state index contributed by atoms with van der Waals surface area (Å²) in [5, 5.41) is 0. The Balaban J connectivity index is 2.07. The number of anilines is 1. The molecule has 124 valence electrons. The molecule has 23 heavy (non-hydrogen) atoms. The molecule has 2 aromatic rings. The average Bonchev–Trinajstić information content (AvgIpc) is 2.52. The number of hydrazine groups is 1. The molecule has 2 rings (SSSR count). The molecule has 0 amide bonds. The lowest BCUT2D eigenvalue weighted by molar-refractivity contribution is 0.223. The number of hydrogen-bond acceptors (Lipinski definition) is 4. The van der Waals surface area contributed by atoms with Gasteiger partial charge in [-0.05, 0) is 50.6 Å². The Labute approximate surface area is 146 Å². The number of hydrogen-bond donors (Lipinski definition) is 2. The van der Waals surface area contributed by atoms with E-state index in [9.17, 15) is 0 Å². The van der Waals surface area contributed by atoms with E-state index in [1.807, 2.05) is 63.2 Å². The van der Waals surface area contributed by atoms with E-state index in [0.29, 0.717) is 13.2 Å². The van der Waals surface area contributed by atoms with Crippen LogP contribution in [0.2, 0.25) is 0 Å². The summed E-state index contributed by atoms with van der Waals surface area (Å²) >= 11 is 3.61. The smallest absolute Gasteiger partial charge is 0.162 e. The Hall–Kier alpha value is -1.72. The van der Waals surface area contributed by atoms with Gasteiger partial charge in [0, 0.05) is 16.7 Å². The van der Waals surface area contributed by atoms with Crippen molar-refractivity contribution >= 4 is 21.6 Å². The van der Waals surface area contributed by atoms with Crippen molar-refractivity contribution in [1.82, 2.24) is 5.43 Å². The van der Waals surface area contributed by atoms with Gasteiger partial charge in [0.2, 0.25) is 0 Å². The molecule has 0 heterocycles. The summed E-state index contributed by atoms with van der Waals surface area (Å²) in [5.74, 6) is 1.52. The molecule has 0 radical (unpaired) electrons. The molecule has 0 aliphatic heterocycles. The van der Waals surface area contributed by atoms with E-state index < -0.39 is 0 Å². The van der Waals surface area contributed by atoms with Gasteiger partial charge in [-0.1, -0.05) is 34.1 Å². The summed E-state index contributed by atoms with van der Waals surface area (Å²) in [4.78, 5) is 0. The highest BCUT2D eigenvalue weighted by molar-refractivity contribution is 9.10. The van der Waals surface area contributed by atoms with E-state index in [0.717, 1.165) is 27.2 Å². The average molecular weight is 379 g/mol. The Morgan fingerprint density at radius 1 is 1.09 bits per heavy atom. The number of rotatable bonds is 8. The molecular formula is C18H23BrN2O2. The fourth-order valence-electron chi connectivity index (χ4n) is 2.09. The molecule has 0 atom stereocenters. The zero-order valence-electron chi connectivity index (χ0n) is 13.7. The Morgan fingerprint density at radius 2 is 1.83 bits per heavy atom. The van der Waals surface area contributed by atoms with Gasteiger partial charge in [0.25, 0.3) is 0 Å². The SMILES string of the molecule is CCOc1cc(CNNc2ccccc2)c(Br)cc1OC(C)C. The summed E-state index contributed by atoms with van der Waals surface area (Å²) in [6.07, 6.45) is 0.102. The molecule has 0 aliphatic carbocycles. The highest BCUT2D eigenvalue weighted by Crippen LogP contribution is 2.34. The van der Waals surface area contributed by atoms with Crippen LogP contribution >= 0.6 is 15.9 Å². The lowest BCUT2D eigenvalue weighted by Crippen LogP contribution is -2.21. The maximum absolute atomic E-state index is 5.82. The molecule has 0 unspecified atom stereocenters. The Morgan fingerprint density at radius 3 is 2.48 bits per heavy atom. The van der Waals surface area contributed by atoms with E-state index in [1.54, 1.807) is 0 Å². The third kappa shape index (κ3) is 5.44. The summed E-state index contributed by atoms with van der Waals surface area (Å²) in [6, 6.07) is 14.0. The quantitative estimate of drug-likeness (QED) is 0.650. The first kappa shape index (κ1) is 17.6. The molecule has 0 aromatic heterocycles. The second-order valence-corrected chi connectivity index (χ2v) is 6.19. The predicted molar refractivity (Wildman–Crippen MR) is 98.0 cm³/mol. The zero-order valence-corrected chi connectivity index (χ0v) is 15.3. The molecule has 2 aromatic carbocycles. The number of benzene rings is 2.